The molecule has 0 bridgehead atoms. The Kier molecular flexibility index (Phi) is 7.76. The molecule has 3 nitrogen and oxygen atoms in total. The summed E-state index contributed by atoms with van der Waals surface area (Å²) in [7, 11) is 0. The van der Waals surface area contributed by atoms with Crippen LogP contribution in [0.5, 0.6) is 0 Å². The first kappa shape index (κ1) is 14.3. The van der Waals surface area contributed by atoms with Crippen LogP contribution in [0.1, 0.15) is 50.9 Å². The van der Waals surface area contributed by atoms with Gasteiger partial charge in [-0.15, -0.1) is 0 Å². The Morgan fingerprint density at radius 2 is 1.65 bits per heavy atom. The third kappa shape index (κ3) is 5.89. The van der Waals surface area contributed by atoms with E-state index >= 15 is 0 Å². The number of hydrogen-bond acceptors (Lipinski definition) is 3. The van der Waals surface area contributed by atoms with Gasteiger partial charge in [0, 0.05) is 18.8 Å². The fraction of sp³-hybridized carbons (Fsp3) is 0.714. The number of hydrogen-bond donors (Lipinski definition) is 0. The minimum Gasteiger partial charge on any atom is -0.467 e. The molecular weight excluding hydrogens is 216 g/mol. The Balaban J connectivity index is 2.22. The van der Waals surface area contributed by atoms with Crippen molar-refractivity contribution in [1.82, 2.24) is 0 Å². The van der Waals surface area contributed by atoms with E-state index in [9.17, 15) is 0 Å². The number of furan rings is 1. The van der Waals surface area contributed by atoms with Gasteiger partial charge in [-0.2, -0.15) is 0 Å². The third-order valence-electron chi connectivity index (χ3n) is 2.61. The second kappa shape index (κ2) is 9.25. The average Bonchev–Trinajstić information content (AvgIpc) is 2.78. The van der Waals surface area contributed by atoms with Crippen molar-refractivity contribution in [1.29, 1.82) is 0 Å². The molecule has 0 aromatic carbocycles. The van der Waals surface area contributed by atoms with Crippen molar-refractivity contribution < 1.29 is 13.9 Å². The Morgan fingerprint density at radius 3 is 2.29 bits per heavy atom. The molecule has 0 N–H and O–H groups in total. The highest BCUT2D eigenvalue weighted by Gasteiger charge is 2.06. The van der Waals surface area contributed by atoms with Crippen LogP contribution in [0.2, 0.25) is 0 Å². The predicted molar refractivity (Wildman–Crippen MR) is 67.8 cm³/mol. The zero-order valence-corrected chi connectivity index (χ0v) is 11.0. The molecule has 0 radical (unpaired) electrons. The van der Waals surface area contributed by atoms with Crippen molar-refractivity contribution in [3.8, 4) is 0 Å². The van der Waals surface area contributed by atoms with Crippen molar-refractivity contribution >= 4 is 0 Å². The van der Waals surface area contributed by atoms with Crippen LogP contribution in [-0.4, -0.2) is 13.2 Å². The van der Waals surface area contributed by atoms with Crippen LogP contribution in [0.15, 0.2) is 16.7 Å². The molecule has 98 valence electrons. The summed E-state index contributed by atoms with van der Waals surface area (Å²) in [5.41, 5.74) is 1.11. The Hall–Kier alpha value is -0.800. The van der Waals surface area contributed by atoms with Gasteiger partial charge in [-0.25, -0.2) is 0 Å². The van der Waals surface area contributed by atoms with Gasteiger partial charge in [0.05, 0.1) is 12.9 Å². The van der Waals surface area contributed by atoms with Gasteiger partial charge in [0.2, 0.25) is 0 Å². The fourth-order valence-electron chi connectivity index (χ4n) is 1.46. The molecule has 0 unspecified atom stereocenters. The van der Waals surface area contributed by atoms with E-state index in [-0.39, 0.29) is 0 Å². The summed E-state index contributed by atoms with van der Waals surface area (Å²) >= 11 is 0. The summed E-state index contributed by atoms with van der Waals surface area (Å²) in [6.07, 6.45) is 6.24. The third-order valence-corrected chi connectivity index (χ3v) is 2.61. The van der Waals surface area contributed by atoms with Gasteiger partial charge in [0.15, 0.2) is 0 Å². The Morgan fingerprint density at radius 1 is 1.00 bits per heavy atom. The van der Waals surface area contributed by atoms with E-state index in [2.05, 4.69) is 13.8 Å². The normalized spacial score (nSPS) is 10.9. The summed E-state index contributed by atoms with van der Waals surface area (Å²) in [6, 6.07) is 1.96. The van der Waals surface area contributed by atoms with Crippen LogP contribution in [0.4, 0.5) is 0 Å². The summed E-state index contributed by atoms with van der Waals surface area (Å²) in [4.78, 5) is 0. The van der Waals surface area contributed by atoms with Crippen molar-refractivity contribution in [2.75, 3.05) is 13.2 Å². The minimum atomic E-state index is 0.555. The van der Waals surface area contributed by atoms with E-state index in [0.29, 0.717) is 13.2 Å². The van der Waals surface area contributed by atoms with Crippen LogP contribution in [0, 0.1) is 0 Å². The summed E-state index contributed by atoms with van der Waals surface area (Å²) in [5.74, 6) is 0.901. The maximum Gasteiger partial charge on any atom is 0.134 e. The van der Waals surface area contributed by atoms with Crippen LogP contribution in [0.25, 0.3) is 0 Å². The quantitative estimate of drug-likeness (QED) is 0.581. The Labute approximate surface area is 104 Å². The lowest BCUT2D eigenvalue weighted by atomic mass is 10.2. The van der Waals surface area contributed by atoms with Gasteiger partial charge < -0.3 is 13.9 Å². The van der Waals surface area contributed by atoms with E-state index < -0.39 is 0 Å². The standard InChI is InChI=1S/C14H24O3/c1-3-5-8-15-11-13-7-10-17-14(13)12-16-9-6-4-2/h7,10H,3-6,8-9,11-12H2,1-2H3. The smallest absolute Gasteiger partial charge is 0.134 e. The van der Waals surface area contributed by atoms with Gasteiger partial charge in [-0.3, -0.25) is 0 Å². The topological polar surface area (TPSA) is 31.6 Å². The maximum absolute atomic E-state index is 5.57. The molecule has 0 aliphatic carbocycles. The second-order valence-corrected chi connectivity index (χ2v) is 4.18. The Bertz CT molecular complexity index is 254. The van der Waals surface area contributed by atoms with Crippen LogP contribution in [-0.2, 0) is 22.7 Å². The number of unbranched alkanes of at least 4 members (excludes halogenated alkanes) is 2. The summed E-state index contributed by atoms with van der Waals surface area (Å²) in [6.45, 7) is 7.12. The zero-order chi connectivity index (χ0) is 12.3. The molecule has 0 atom stereocenters. The molecule has 0 aliphatic heterocycles. The van der Waals surface area contributed by atoms with Gasteiger partial charge in [-0.05, 0) is 18.9 Å². The number of rotatable bonds is 10. The first-order valence-corrected chi connectivity index (χ1v) is 6.59. The van der Waals surface area contributed by atoms with Crippen LogP contribution in [0.3, 0.4) is 0 Å². The SMILES string of the molecule is CCCCOCc1ccoc1COCCCC. The lowest BCUT2D eigenvalue weighted by Crippen LogP contribution is -1.99. The van der Waals surface area contributed by atoms with E-state index in [4.69, 9.17) is 13.9 Å². The molecule has 0 fully saturated rings. The van der Waals surface area contributed by atoms with Crippen LogP contribution < -0.4 is 0 Å². The van der Waals surface area contributed by atoms with Gasteiger partial charge >= 0.3 is 0 Å². The number of ether oxygens (including phenoxy) is 2. The van der Waals surface area contributed by atoms with E-state index in [1.807, 2.05) is 6.07 Å². The molecule has 0 amide bonds. The van der Waals surface area contributed by atoms with Gasteiger partial charge in [-0.1, -0.05) is 26.7 Å². The first-order valence-electron chi connectivity index (χ1n) is 6.59. The maximum atomic E-state index is 5.57. The van der Waals surface area contributed by atoms with Crippen LogP contribution >= 0.6 is 0 Å². The summed E-state index contributed by atoms with van der Waals surface area (Å²) < 4.78 is 16.5. The van der Waals surface area contributed by atoms with Crippen molar-refractivity contribution in [2.24, 2.45) is 0 Å². The fourth-order valence-corrected chi connectivity index (χ4v) is 1.46. The van der Waals surface area contributed by atoms with E-state index in [0.717, 1.165) is 43.8 Å². The summed E-state index contributed by atoms with van der Waals surface area (Å²) in [5, 5.41) is 0. The first-order chi connectivity index (χ1) is 8.38. The molecule has 17 heavy (non-hydrogen) atoms. The van der Waals surface area contributed by atoms with Gasteiger partial charge in [0.1, 0.15) is 12.4 Å². The molecule has 1 heterocycles. The molecule has 1 aromatic heterocycles. The van der Waals surface area contributed by atoms with Crippen molar-refractivity contribution in [2.45, 2.75) is 52.7 Å². The molecule has 0 saturated carbocycles. The molecule has 0 spiro atoms. The second-order valence-electron chi connectivity index (χ2n) is 4.18. The molecule has 0 saturated heterocycles. The monoisotopic (exact) mass is 240 g/mol. The van der Waals surface area contributed by atoms with Crippen molar-refractivity contribution in [3.05, 3.63) is 23.7 Å². The minimum absolute atomic E-state index is 0.555. The van der Waals surface area contributed by atoms with Gasteiger partial charge in [0.25, 0.3) is 0 Å². The molecular formula is C14H24O3. The highest BCUT2D eigenvalue weighted by molar-refractivity contribution is 5.15. The van der Waals surface area contributed by atoms with E-state index in [1.165, 1.54) is 6.42 Å². The zero-order valence-electron chi connectivity index (χ0n) is 11.0. The lowest BCUT2D eigenvalue weighted by molar-refractivity contribution is 0.0932. The predicted octanol–water partition coefficient (Wildman–Crippen LogP) is 3.91. The molecule has 0 aliphatic rings. The molecule has 1 rings (SSSR count). The largest absolute Gasteiger partial charge is 0.467 e. The molecule has 1 aromatic rings. The molecule has 3 heteroatoms. The highest BCUT2D eigenvalue weighted by Crippen LogP contribution is 2.13. The lowest BCUT2D eigenvalue weighted by Gasteiger charge is -2.05. The highest BCUT2D eigenvalue weighted by atomic mass is 16.5. The van der Waals surface area contributed by atoms with E-state index in [1.54, 1.807) is 6.26 Å². The average molecular weight is 240 g/mol. The van der Waals surface area contributed by atoms with Crippen molar-refractivity contribution in [3.63, 3.8) is 0 Å².